The molecular weight excluding hydrogens is 166 g/mol. The third-order valence-electron chi connectivity index (χ3n) is 2.47. The van der Waals surface area contributed by atoms with Crippen LogP contribution in [0.5, 0.6) is 0 Å². The average Bonchev–Trinajstić information content (AvgIpc) is 2.19. The molecule has 0 bridgehead atoms. The number of rotatable bonds is 6. The molecule has 1 saturated heterocycles. The van der Waals surface area contributed by atoms with Gasteiger partial charge in [-0.3, -0.25) is 0 Å². The van der Waals surface area contributed by atoms with Gasteiger partial charge in [-0.2, -0.15) is 0 Å². The first kappa shape index (κ1) is 11.0. The Morgan fingerprint density at radius 3 is 2.92 bits per heavy atom. The predicted molar refractivity (Wildman–Crippen MR) is 52.8 cm³/mol. The second kappa shape index (κ2) is 7.30. The molecule has 2 N–H and O–H groups in total. The van der Waals surface area contributed by atoms with Gasteiger partial charge in [-0.25, -0.2) is 0 Å². The number of aliphatic hydroxyl groups excluding tert-OH is 1. The molecule has 13 heavy (non-hydrogen) atoms. The smallest absolute Gasteiger partial charge is 0.0487 e. The Kier molecular flexibility index (Phi) is 6.15. The largest absolute Gasteiger partial charge is 0.396 e. The third kappa shape index (κ3) is 5.24. The predicted octanol–water partition coefficient (Wildman–Crippen LogP) is 0.918. The normalized spacial score (nSPS) is 23.3. The summed E-state index contributed by atoms with van der Waals surface area (Å²) in [4.78, 5) is 0. The first-order valence-electron chi connectivity index (χ1n) is 5.35. The lowest BCUT2D eigenvalue weighted by atomic mass is 10.0. The molecule has 0 aromatic carbocycles. The summed E-state index contributed by atoms with van der Waals surface area (Å²) in [5.74, 6) is 0. The first-order chi connectivity index (χ1) is 6.43. The number of nitrogens with one attached hydrogen (secondary N) is 1. The number of ether oxygens (including phenoxy) is 1. The molecule has 1 rings (SSSR count). The molecule has 0 radical (unpaired) electrons. The van der Waals surface area contributed by atoms with Crippen molar-refractivity contribution in [2.75, 3.05) is 26.4 Å². The van der Waals surface area contributed by atoms with Crippen LogP contribution in [0.25, 0.3) is 0 Å². The van der Waals surface area contributed by atoms with Crippen molar-refractivity contribution in [3.8, 4) is 0 Å². The lowest BCUT2D eigenvalue weighted by Gasteiger charge is -2.23. The van der Waals surface area contributed by atoms with Crippen LogP contribution in [0.3, 0.4) is 0 Å². The van der Waals surface area contributed by atoms with Gasteiger partial charge in [0.25, 0.3) is 0 Å². The van der Waals surface area contributed by atoms with E-state index >= 15 is 0 Å². The zero-order valence-electron chi connectivity index (χ0n) is 8.30. The number of hydrogen-bond acceptors (Lipinski definition) is 3. The van der Waals surface area contributed by atoms with Gasteiger partial charge in [-0.1, -0.05) is 6.42 Å². The minimum absolute atomic E-state index is 0.238. The molecular formula is C10H21NO2. The van der Waals surface area contributed by atoms with Crippen molar-refractivity contribution < 1.29 is 9.84 Å². The Morgan fingerprint density at radius 2 is 2.23 bits per heavy atom. The van der Waals surface area contributed by atoms with Crippen LogP contribution in [-0.4, -0.2) is 37.5 Å². The molecule has 0 spiro atoms. The van der Waals surface area contributed by atoms with Crippen LogP contribution < -0.4 is 5.32 Å². The maximum Gasteiger partial charge on any atom is 0.0487 e. The quantitative estimate of drug-likeness (QED) is 0.607. The van der Waals surface area contributed by atoms with Crippen molar-refractivity contribution in [1.82, 2.24) is 5.32 Å². The average molecular weight is 187 g/mol. The van der Waals surface area contributed by atoms with E-state index in [1.165, 1.54) is 25.8 Å². The van der Waals surface area contributed by atoms with E-state index in [1.807, 2.05) is 0 Å². The molecule has 0 saturated carbocycles. The van der Waals surface area contributed by atoms with Gasteiger partial charge in [0.05, 0.1) is 0 Å². The van der Waals surface area contributed by atoms with E-state index in [0.717, 1.165) is 19.4 Å². The molecule has 1 atom stereocenters. The number of aliphatic hydroxyl groups is 1. The van der Waals surface area contributed by atoms with E-state index in [4.69, 9.17) is 9.84 Å². The summed E-state index contributed by atoms with van der Waals surface area (Å²) < 4.78 is 5.38. The van der Waals surface area contributed by atoms with Crippen LogP contribution in [-0.2, 0) is 4.74 Å². The van der Waals surface area contributed by atoms with Crippen molar-refractivity contribution in [3.63, 3.8) is 0 Å². The third-order valence-corrected chi connectivity index (χ3v) is 2.47. The SMILES string of the molecule is OCCCOCCC1CCCCN1. The molecule has 3 nitrogen and oxygen atoms in total. The fourth-order valence-electron chi connectivity index (χ4n) is 1.66. The molecule has 0 aliphatic carbocycles. The molecule has 1 fully saturated rings. The highest BCUT2D eigenvalue weighted by Gasteiger charge is 2.11. The fourth-order valence-corrected chi connectivity index (χ4v) is 1.66. The van der Waals surface area contributed by atoms with Crippen molar-refractivity contribution in [3.05, 3.63) is 0 Å². The van der Waals surface area contributed by atoms with Gasteiger partial charge in [-0.05, 0) is 32.2 Å². The summed E-state index contributed by atoms with van der Waals surface area (Å²) in [7, 11) is 0. The topological polar surface area (TPSA) is 41.5 Å². The van der Waals surface area contributed by atoms with Crippen molar-refractivity contribution in [2.24, 2.45) is 0 Å². The highest BCUT2D eigenvalue weighted by Crippen LogP contribution is 2.09. The minimum atomic E-state index is 0.238. The van der Waals surface area contributed by atoms with Crippen molar-refractivity contribution in [2.45, 2.75) is 38.1 Å². The van der Waals surface area contributed by atoms with Crippen molar-refractivity contribution >= 4 is 0 Å². The standard InChI is InChI=1S/C10H21NO2/c12-7-3-8-13-9-5-10-4-1-2-6-11-10/h10-12H,1-9H2. The summed E-state index contributed by atoms with van der Waals surface area (Å²) in [6, 6.07) is 0.669. The minimum Gasteiger partial charge on any atom is -0.396 e. The maximum atomic E-state index is 8.52. The van der Waals surface area contributed by atoms with E-state index in [2.05, 4.69) is 5.32 Å². The van der Waals surface area contributed by atoms with Crippen LogP contribution in [0.15, 0.2) is 0 Å². The van der Waals surface area contributed by atoms with Gasteiger partial charge in [-0.15, -0.1) is 0 Å². The van der Waals surface area contributed by atoms with Crippen LogP contribution in [0.1, 0.15) is 32.1 Å². The fraction of sp³-hybridized carbons (Fsp3) is 1.00. The van der Waals surface area contributed by atoms with E-state index in [-0.39, 0.29) is 6.61 Å². The lowest BCUT2D eigenvalue weighted by Crippen LogP contribution is -2.34. The van der Waals surface area contributed by atoms with Gasteiger partial charge < -0.3 is 15.2 Å². The van der Waals surface area contributed by atoms with E-state index in [1.54, 1.807) is 0 Å². The number of hydrogen-bond donors (Lipinski definition) is 2. The van der Waals surface area contributed by atoms with Crippen LogP contribution in [0, 0.1) is 0 Å². The highest BCUT2D eigenvalue weighted by atomic mass is 16.5. The van der Waals surface area contributed by atoms with Crippen LogP contribution >= 0.6 is 0 Å². The van der Waals surface area contributed by atoms with E-state index in [9.17, 15) is 0 Å². The Balaban J connectivity index is 1.86. The summed E-state index contributed by atoms with van der Waals surface area (Å²) in [5.41, 5.74) is 0. The summed E-state index contributed by atoms with van der Waals surface area (Å²) >= 11 is 0. The first-order valence-corrected chi connectivity index (χ1v) is 5.35. The molecule has 1 aliphatic rings. The van der Waals surface area contributed by atoms with E-state index in [0.29, 0.717) is 12.6 Å². The maximum absolute atomic E-state index is 8.52. The zero-order valence-corrected chi connectivity index (χ0v) is 8.30. The van der Waals surface area contributed by atoms with Crippen LogP contribution in [0.2, 0.25) is 0 Å². The van der Waals surface area contributed by atoms with Gasteiger partial charge in [0.15, 0.2) is 0 Å². The molecule has 1 heterocycles. The van der Waals surface area contributed by atoms with Crippen molar-refractivity contribution in [1.29, 1.82) is 0 Å². The summed E-state index contributed by atoms with van der Waals surface area (Å²) in [6.07, 6.45) is 5.85. The van der Waals surface area contributed by atoms with E-state index < -0.39 is 0 Å². The van der Waals surface area contributed by atoms with Gasteiger partial charge >= 0.3 is 0 Å². The van der Waals surface area contributed by atoms with Gasteiger partial charge in [0, 0.05) is 25.9 Å². The second-order valence-corrected chi connectivity index (χ2v) is 3.63. The number of piperidine rings is 1. The Bertz CT molecular complexity index is 113. The molecule has 0 amide bonds. The molecule has 1 unspecified atom stereocenters. The Labute approximate surface area is 80.5 Å². The van der Waals surface area contributed by atoms with Gasteiger partial charge in [0.2, 0.25) is 0 Å². The summed E-state index contributed by atoms with van der Waals surface area (Å²) in [6.45, 7) is 2.93. The molecule has 0 aromatic heterocycles. The second-order valence-electron chi connectivity index (χ2n) is 3.63. The Morgan fingerprint density at radius 1 is 1.31 bits per heavy atom. The lowest BCUT2D eigenvalue weighted by molar-refractivity contribution is 0.105. The van der Waals surface area contributed by atoms with Gasteiger partial charge in [0.1, 0.15) is 0 Å². The van der Waals surface area contributed by atoms with Crippen LogP contribution in [0.4, 0.5) is 0 Å². The monoisotopic (exact) mass is 187 g/mol. The Hall–Kier alpha value is -0.120. The molecule has 3 heteroatoms. The molecule has 0 aromatic rings. The molecule has 1 aliphatic heterocycles. The molecule has 78 valence electrons. The highest BCUT2D eigenvalue weighted by molar-refractivity contribution is 4.71. The zero-order chi connectivity index (χ0) is 9.36. The summed E-state index contributed by atoms with van der Waals surface area (Å²) in [5, 5.41) is 12.0.